The molecule has 14 heavy (non-hydrogen) atoms. The zero-order valence-corrected chi connectivity index (χ0v) is 9.85. The lowest BCUT2D eigenvalue weighted by atomic mass is 10.1. The molecular formula is C10H9IN2O. The van der Waals surface area contributed by atoms with E-state index in [9.17, 15) is 0 Å². The molecule has 2 rings (SSSR count). The van der Waals surface area contributed by atoms with Gasteiger partial charge in [-0.2, -0.15) is 4.98 Å². The molecule has 0 saturated heterocycles. The van der Waals surface area contributed by atoms with Crippen LogP contribution < -0.4 is 0 Å². The van der Waals surface area contributed by atoms with Gasteiger partial charge in [0, 0.05) is 5.56 Å². The summed E-state index contributed by atoms with van der Waals surface area (Å²) >= 11 is 2.20. The number of hydrogen-bond acceptors (Lipinski definition) is 3. The Balaban J connectivity index is 2.44. The van der Waals surface area contributed by atoms with Crippen LogP contribution in [0.1, 0.15) is 11.5 Å². The van der Waals surface area contributed by atoms with Crippen molar-refractivity contribution in [1.82, 2.24) is 10.1 Å². The van der Waals surface area contributed by atoms with Crippen molar-refractivity contribution in [2.75, 3.05) is 0 Å². The van der Waals surface area contributed by atoms with Crippen LogP contribution in [-0.4, -0.2) is 10.1 Å². The Morgan fingerprint density at radius 3 is 2.79 bits per heavy atom. The summed E-state index contributed by atoms with van der Waals surface area (Å²) in [6.07, 6.45) is 0. The molecule has 0 bridgehead atoms. The van der Waals surface area contributed by atoms with Crippen LogP contribution >= 0.6 is 22.6 Å². The van der Waals surface area contributed by atoms with E-state index >= 15 is 0 Å². The lowest BCUT2D eigenvalue weighted by Crippen LogP contribution is -1.84. The zero-order chi connectivity index (χ0) is 9.97. The van der Waals surface area contributed by atoms with E-state index in [1.807, 2.05) is 31.2 Å². The summed E-state index contributed by atoms with van der Waals surface area (Å²) in [4.78, 5) is 4.27. The average molecular weight is 300 g/mol. The number of aryl methyl sites for hydroxylation is 1. The molecule has 72 valence electrons. The Hall–Kier alpha value is -0.910. The zero-order valence-electron chi connectivity index (χ0n) is 7.70. The first-order valence-corrected chi connectivity index (χ1v) is 5.78. The third-order valence-electron chi connectivity index (χ3n) is 1.97. The molecular weight excluding hydrogens is 291 g/mol. The van der Waals surface area contributed by atoms with Crippen molar-refractivity contribution in [2.24, 2.45) is 0 Å². The van der Waals surface area contributed by atoms with Gasteiger partial charge in [0.25, 0.3) is 0 Å². The van der Waals surface area contributed by atoms with Gasteiger partial charge in [0.05, 0.1) is 4.43 Å². The Bertz CT molecular complexity index is 439. The molecule has 0 fully saturated rings. The largest absolute Gasteiger partial charge is 0.338 e. The van der Waals surface area contributed by atoms with Crippen LogP contribution in [0.2, 0.25) is 0 Å². The topological polar surface area (TPSA) is 38.9 Å². The number of nitrogens with zero attached hydrogens (tertiary/aromatic N) is 2. The number of alkyl halides is 1. The molecule has 3 nitrogen and oxygen atoms in total. The van der Waals surface area contributed by atoms with E-state index < -0.39 is 0 Å². The number of rotatable bonds is 2. The molecule has 0 radical (unpaired) electrons. The van der Waals surface area contributed by atoms with Gasteiger partial charge < -0.3 is 4.52 Å². The summed E-state index contributed by atoms with van der Waals surface area (Å²) in [5.41, 5.74) is 2.20. The second-order valence-electron chi connectivity index (χ2n) is 2.96. The third kappa shape index (κ3) is 1.79. The van der Waals surface area contributed by atoms with E-state index in [2.05, 4.69) is 32.7 Å². The summed E-state index contributed by atoms with van der Waals surface area (Å²) in [6, 6.07) is 8.01. The average Bonchev–Trinajstić information content (AvgIpc) is 2.67. The van der Waals surface area contributed by atoms with Gasteiger partial charge in [0.2, 0.25) is 11.7 Å². The standard InChI is InChI=1S/C10H9IN2O/c1-7-4-2-3-5-8(7)10-12-9(6-11)14-13-10/h2-5H,6H2,1H3. The van der Waals surface area contributed by atoms with Crippen LogP contribution in [0.25, 0.3) is 11.4 Å². The first-order valence-electron chi connectivity index (χ1n) is 4.26. The predicted molar refractivity (Wildman–Crippen MR) is 62.2 cm³/mol. The van der Waals surface area contributed by atoms with Gasteiger partial charge in [-0.3, -0.25) is 0 Å². The van der Waals surface area contributed by atoms with E-state index in [4.69, 9.17) is 4.52 Å². The van der Waals surface area contributed by atoms with Crippen LogP contribution in [0.3, 0.4) is 0 Å². The molecule has 1 aromatic carbocycles. The maximum atomic E-state index is 5.05. The van der Waals surface area contributed by atoms with Crippen LogP contribution in [0.5, 0.6) is 0 Å². The monoisotopic (exact) mass is 300 g/mol. The minimum Gasteiger partial charge on any atom is -0.338 e. The Labute approximate surface area is 95.7 Å². The van der Waals surface area contributed by atoms with Gasteiger partial charge in [0.1, 0.15) is 0 Å². The lowest BCUT2D eigenvalue weighted by molar-refractivity contribution is 0.393. The summed E-state index contributed by atoms with van der Waals surface area (Å²) < 4.78 is 5.80. The molecule has 4 heteroatoms. The van der Waals surface area contributed by atoms with E-state index in [1.54, 1.807) is 0 Å². The Morgan fingerprint density at radius 1 is 1.36 bits per heavy atom. The van der Waals surface area contributed by atoms with Gasteiger partial charge in [0.15, 0.2) is 0 Å². The molecule has 1 aromatic heterocycles. The highest BCUT2D eigenvalue weighted by atomic mass is 127. The van der Waals surface area contributed by atoms with Crippen molar-refractivity contribution in [2.45, 2.75) is 11.4 Å². The van der Waals surface area contributed by atoms with Gasteiger partial charge >= 0.3 is 0 Å². The van der Waals surface area contributed by atoms with Crippen molar-refractivity contribution in [3.05, 3.63) is 35.7 Å². The fourth-order valence-corrected chi connectivity index (χ4v) is 1.55. The smallest absolute Gasteiger partial charge is 0.236 e. The van der Waals surface area contributed by atoms with Crippen molar-refractivity contribution in [1.29, 1.82) is 0 Å². The first-order chi connectivity index (χ1) is 6.81. The molecule has 0 unspecified atom stereocenters. The van der Waals surface area contributed by atoms with Crippen LogP contribution in [-0.2, 0) is 4.43 Å². The lowest BCUT2D eigenvalue weighted by Gasteiger charge is -1.97. The van der Waals surface area contributed by atoms with Crippen molar-refractivity contribution in [3.8, 4) is 11.4 Å². The summed E-state index contributed by atoms with van der Waals surface area (Å²) in [7, 11) is 0. The van der Waals surface area contributed by atoms with E-state index in [1.165, 1.54) is 0 Å². The van der Waals surface area contributed by atoms with Crippen LogP contribution in [0, 0.1) is 6.92 Å². The Morgan fingerprint density at radius 2 is 2.14 bits per heavy atom. The highest BCUT2D eigenvalue weighted by molar-refractivity contribution is 14.1. The molecule has 0 aliphatic heterocycles. The fourth-order valence-electron chi connectivity index (χ4n) is 1.24. The van der Waals surface area contributed by atoms with Gasteiger partial charge in [-0.05, 0) is 12.5 Å². The summed E-state index contributed by atoms with van der Waals surface area (Å²) in [6.45, 7) is 2.04. The van der Waals surface area contributed by atoms with Crippen molar-refractivity contribution >= 4 is 22.6 Å². The fraction of sp³-hybridized carbons (Fsp3) is 0.200. The maximum Gasteiger partial charge on any atom is 0.236 e. The third-order valence-corrected chi connectivity index (χ3v) is 2.62. The van der Waals surface area contributed by atoms with Gasteiger partial charge in [-0.15, -0.1) is 0 Å². The SMILES string of the molecule is Cc1ccccc1-c1noc(CI)n1. The second-order valence-corrected chi connectivity index (χ2v) is 3.72. The first kappa shape index (κ1) is 9.64. The summed E-state index contributed by atoms with van der Waals surface area (Å²) in [5.74, 6) is 1.35. The number of halogens is 1. The molecule has 1 heterocycles. The molecule has 0 aliphatic carbocycles. The Kier molecular flexibility index (Phi) is 2.81. The summed E-state index contributed by atoms with van der Waals surface area (Å²) in [5, 5.41) is 3.93. The number of benzene rings is 1. The van der Waals surface area contributed by atoms with Crippen molar-refractivity contribution < 1.29 is 4.52 Å². The maximum absolute atomic E-state index is 5.05. The van der Waals surface area contributed by atoms with E-state index in [-0.39, 0.29) is 0 Å². The highest BCUT2D eigenvalue weighted by Crippen LogP contribution is 2.20. The molecule has 0 amide bonds. The second kappa shape index (κ2) is 4.08. The molecule has 0 atom stereocenters. The minimum atomic E-state index is 0.670. The van der Waals surface area contributed by atoms with Crippen molar-refractivity contribution in [3.63, 3.8) is 0 Å². The molecule has 0 aliphatic rings. The molecule has 0 saturated carbocycles. The quantitative estimate of drug-likeness (QED) is 0.632. The minimum absolute atomic E-state index is 0.670. The van der Waals surface area contributed by atoms with Crippen LogP contribution in [0.15, 0.2) is 28.8 Å². The highest BCUT2D eigenvalue weighted by Gasteiger charge is 2.08. The van der Waals surface area contributed by atoms with E-state index in [0.717, 1.165) is 15.6 Å². The molecule has 0 N–H and O–H groups in total. The normalized spacial score (nSPS) is 10.4. The van der Waals surface area contributed by atoms with Gasteiger partial charge in [-0.25, -0.2) is 0 Å². The van der Waals surface area contributed by atoms with Crippen LogP contribution in [0.4, 0.5) is 0 Å². The number of hydrogen-bond donors (Lipinski definition) is 0. The predicted octanol–water partition coefficient (Wildman–Crippen LogP) is 2.98. The molecule has 2 aromatic rings. The van der Waals surface area contributed by atoms with E-state index in [0.29, 0.717) is 11.7 Å². The molecule has 0 spiro atoms. The number of aromatic nitrogens is 2. The van der Waals surface area contributed by atoms with Gasteiger partial charge in [-0.1, -0.05) is 52.0 Å².